The third kappa shape index (κ3) is 3.55. The Labute approximate surface area is 132 Å². The van der Waals surface area contributed by atoms with E-state index in [-0.39, 0.29) is 11.1 Å². The third-order valence-corrected chi connectivity index (χ3v) is 3.73. The SMILES string of the molecule is Cc1ccc(Br)cc1C(=O)Nc1cc(Br)cnc1Cl. The maximum Gasteiger partial charge on any atom is 0.256 e. The lowest BCUT2D eigenvalue weighted by atomic mass is 10.1. The second-order valence-corrected chi connectivity index (χ2v) is 6.09. The molecule has 0 fully saturated rings. The van der Waals surface area contributed by atoms with E-state index in [1.165, 1.54) is 0 Å². The van der Waals surface area contributed by atoms with Crippen LogP contribution >= 0.6 is 43.5 Å². The first-order valence-electron chi connectivity index (χ1n) is 5.36. The summed E-state index contributed by atoms with van der Waals surface area (Å²) < 4.78 is 1.60. The van der Waals surface area contributed by atoms with Crippen molar-refractivity contribution in [2.45, 2.75) is 6.92 Å². The van der Waals surface area contributed by atoms with Crippen molar-refractivity contribution < 1.29 is 4.79 Å². The predicted octanol–water partition coefficient (Wildman–Crippen LogP) is 4.82. The first kappa shape index (κ1) is 14.5. The molecule has 98 valence electrons. The molecular weight excluding hydrogens is 395 g/mol. The zero-order valence-corrected chi connectivity index (χ0v) is 13.8. The third-order valence-electron chi connectivity index (χ3n) is 2.50. The van der Waals surface area contributed by atoms with Gasteiger partial charge in [0.15, 0.2) is 5.15 Å². The van der Waals surface area contributed by atoms with Crippen molar-refractivity contribution in [3.8, 4) is 0 Å². The van der Waals surface area contributed by atoms with E-state index < -0.39 is 0 Å². The summed E-state index contributed by atoms with van der Waals surface area (Å²) in [5.74, 6) is -0.222. The number of amides is 1. The standard InChI is InChI=1S/C13H9Br2ClN2O/c1-7-2-3-8(14)4-10(7)13(19)18-11-5-9(15)6-17-12(11)16/h2-6H,1H3,(H,18,19). The lowest BCUT2D eigenvalue weighted by molar-refractivity contribution is 0.102. The lowest BCUT2D eigenvalue weighted by Gasteiger charge is -2.09. The van der Waals surface area contributed by atoms with E-state index >= 15 is 0 Å². The minimum Gasteiger partial charge on any atom is -0.319 e. The number of carbonyl (C=O) groups is 1. The quantitative estimate of drug-likeness (QED) is 0.729. The molecule has 0 spiro atoms. The summed E-state index contributed by atoms with van der Waals surface area (Å²) in [6, 6.07) is 7.24. The molecule has 1 aromatic carbocycles. The number of aromatic nitrogens is 1. The minimum atomic E-state index is -0.222. The normalized spacial score (nSPS) is 10.3. The topological polar surface area (TPSA) is 42.0 Å². The van der Waals surface area contributed by atoms with E-state index in [0.29, 0.717) is 11.3 Å². The predicted molar refractivity (Wildman–Crippen MR) is 83.8 cm³/mol. The Balaban J connectivity index is 2.30. The molecule has 0 saturated heterocycles. The first-order valence-corrected chi connectivity index (χ1v) is 7.32. The van der Waals surface area contributed by atoms with Crippen LogP contribution in [0, 0.1) is 6.92 Å². The van der Waals surface area contributed by atoms with Crippen LogP contribution in [0.3, 0.4) is 0 Å². The zero-order chi connectivity index (χ0) is 14.0. The highest BCUT2D eigenvalue weighted by Crippen LogP contribution is 2.24. The van der Waals surface area contributed by atoms with E-state index in [2.05, 4.69) is 42.2 Å². The Bertz CT molecular complexity index is 647. The number of benzene rings is 1. The zero-order valence-electron chi connectivity index (χ0n) is 9.88. The fourth-order valence-corrected chi connectivity index (χ4v) is 2.38. The van der Waals surface area contributed by atoms with Gasteiger partial charge in [0.25, 0.3) is 5.91 Å². The summed E-state index contributed by atoms with van der Waals surface area (Å²) in [6.07, 6.45) is 1.57. The van der Waals surface area contributed by atoms with E-state index in [9.17, 15) is 4.79 Å². The fourth-order valence-electron chi connectivity index (χ4n) is 1.54. The first-order chi connectivity index (χ1) is 8.97. The second kappa shape index (κ2) is 6.03. The molecule has 2 aromatic rings. The molecule has 1 aromatic heterocycles. The monoisotopic (exact) mass is 402 g/mol. The number of halogens is 3. The Morgan fingerprint density at radius 1 is 1.26 bits per heavy atom. The van der Waals surface area contributed by atoms with Gasteiger partial charge in [-0.15, -0.1) is 0 Å². The molecule has 0 unspecified atom stereocenters. The molecule has 0 aliphatic heterocycles. The Kier molecular flexibility index (Phi) is 4.60. The van der Waals surface area contributed by atoms with Crippen LogP contribution in [0.5, 0.6) is 0 Å². The van der Waals surface area contributed by atoms with Crippen molar-refractivity contribution in [3.63, 3.8) is 0 Å². The molecule has 2 rings (SSSR count). The van der Waals surface area contributed by atoms with Gasteiger partial charge in [0.1, 0.15) is 0 Å². The van der Waals surface area contributed by atoms with Gasteiger partial charge in [-0.1, -0.05) is 33.6 Å². The molecule has 0 aliphatic rings. The van der Waals surface area contributed by atoms with Crippen molar-refractivity contribution in [1.29, 1.82) is 0 Å². The highest BCUT2D eigenvalue weighted by Gasteiger charge is 2.12. The highest BCUT2D eigenvalue weighted by atomic mass is 79.9. The van der Waals surface area contributed by atoms with Crippen molar-refractivity contribution >= 4 is 55.1 Å². The number of hydrogen-bond acceptors (Lipinski definition) is 2. The number of aryl methyl sites for hydroxylation is 1. The summed E-state index contributed by atoms with van der Waals surface area (Å²) in [5, 5.41) is 3.01. The largest absolute Gasteiger partial charge is 0.319 e. The van der Waals surface area contributed by atoms with Gasteiger partial charge in [0.2, 0.25) is 0 Å². The number of hydrogen-bond donors (Lipinski definition) is 1. The molecule has 0 atom stereocenters. The molecule has 0 radical (unpaired) electrons. The molecule has 0 aliphatic carbocycles. The van der Waals surface area contributed by atoms with Gasteiger partial charge in [-0.25, -0.2) is 4.98 Å². The van der Waals surface area contributed by atoms with Gasteiger partial charge < -0.3 is 5.32 Å². The molecule has 1 amide bonds. The number of anilines is 1. The smallest absolute Gasteiger partial charge is 0.256 e. The summed E-state index contributed by atoms with van der Waals surface area (Å²) in [4.78, 5) is 16.2. The molecule has 0 saturated carbocycles. The van der Waals surface area contributed by atoms with Crippen LogP contribution < -0.4 is 5.32 Å². The van der Waals surface area contributed by atoms with Crippen molar-refractivity contribution in [3.05, 3.63) is 55.7 Å². The average molecular weight is 404 g/mol. The Morgan fingerprint density at radius 2 is 2.00 bits per heavy atom. The van der Waals surface area contributed by atoms with E-state index in [4.69, 9.17) is 11.6 Å². The Morgan fingerprint density at radius 3 is 2.74 bits per heavy atom. The summed E-state index contributed by atoms with van der Waals surface area (Å²) in [6.45, 7) is 1.88. The molecule has 3 nitrogen and oxygen atoms in total. The van der Waals surface area contributed by atoms with E-state index in [1.807, 2.05) is 19.1 Å². The van der Waals surface area contributed by atoms with Crippen LogP contribution in [0.4, 0.5) is 5.69 Å². The maximum atomic E-state index is 12.2. The molecule has 19 heavy (non-hydrogen) atoms. The number of rotatable bonds is 2. The van der Waals surface area contributed by atoms with E-state index in [1.54, 1.807) is 18.3 Å². The minimum absolute atomic E-state index is 0.222. The highest BCUT2D eigenvalue weighted by molar-refractivity contribution is 9.10. The lowest BCUT2D eigenvalue weighted by Crippen LogP contribution is -2.14. The molecule has 1 heterocycles. The maximum absolute atomic E-state index is 12.2. The van der Waals surface area contributed by atoms with Gasteiger partial charge in [-0.2, -0.15) is 0 Å². The average Bonchev–Trinajstić information content (AvgIpc) is 2.36. The van der Waals surface area contributed by atoms with Gasteiger partial charge >= 0.3 is 0 Å². The van der Waals surface area contributed by atoms with Crippen molar-refractivity contribution in [2.75, 3.05) is 5.32 Å². The molecular formula is C13H9Br2ClN2O. The number of nitrogens with one attached hydrogen (secondary N) is 1. The molecule has 0 bridgehead atoms. The van der Waals surface area contributed by atoms with Crippen molar-refractivity contribution in [2.24, 2.45) is 0 Å². The number of carbonyl (C=O) groups excluding carboxylic acids is 1. The van der Waals surface area contributed by atoms with E-state index in [0.717, 1.165) is 14.5 Å². The van der Waals surface area contributed by atoms with Crippen LogP contribution in [-0.4, -0.2) is 10.9 Å². The summed E-state index contributed by atoms with van der Waals surface area (Å²) in [7, 11) is 0. The van der Waals surface area contributed by atoms with Crippen LogP contribution in [0.25, 0.3) is 0 Å². The fraction of sp³-hybridized carbons (Fsp3) is 0.0769. The van der Waals surface area contributed by atoms with Crippen LogP contribution in [0.15, 0.2) is 39.4 Å². The van der Waals surface area contributed by atoms with Gasteiger partial charge in [0, 0.05) is 20.7 Å². The molecule has 6 heteroatoms. The summed E-state index contributed by atoms with van der Waals surface area (Å²) >= 11 is 12.6. The van der Waals surface area contributed by atoms with Gasteiger partial charge in [0.05, 0.1) is 5.69 Å². The van der Waals surface area contributed by atoms with Crippen molar-refractivity contribution in [1.82, 2.24) is 4.98 Å². The number of pyridine rings is 1. The summed E-state index contributed by atoms with van der Waals surface area (Å²) in [5.41, 5.74) is 1.95. The van der Waals surface area contributed by atoms with Gasteiger partial charge in [-0.05, 0) is 46.6 Å². The number of nitrogens with zero attached hydrogens (tertiary/aromatic N) is 1. The Hall–Kier alpha value is -0.910. The van der Waals surface area contributed by atoms with Gasteiger partial charge in [-0.3, -0.25) is 4.79 Å². The second-order valence-electron chi connectivity index (χ2n) is 3.91. The molecule has 1 N–H and O–H groups in total. The van der Waals surface area contributed by atoms with Crippen LogP contribution in [0.2, 0.25) is 5.15 Å². The van der Waals surface area contributed by atoms with Crippen LogP contribution in [-0.2, 0) is 0 Å². The van der Waals surface area contributed by atoms with Crippen LogP contribution in [0.1, 0.15) is 15.9 Å².